The van der Waals surface area contributed by atoms with Crippen molar-refractivity contribution in [2.24, 2.45) is 0 Å². The lowest BCUT2D eigenvalue weighted by Gasteiger charge is -2.19. The van der Waals surface area contributed by atoms with Crippen molar-refractivity contribution < 1.29 is 9.32 Å². The molecule has 0 radical (unpaired) electrons. The third-order valence-corrected chi connectivity index (χ3v) is 4.38. The summed E-state index contributed by atoms with van der Waals surface area (Å²) in [6.07, 6.45) is 0.696. The first-order valence-electron chi connectivity index (χ1n) is 9.11. The molecule has 2 aromatic carbocycles. The highest BCUT2D eigenvalue weighted by molar-refractivity contribution is 5.90. The fraction of sp³-hybridized carbons (Fsp3) is 0.318. The molecule has 1 aromatic heterocycles. The molecular weight excluding hydrogens is 338 g/mol. The van der Waals surface area contributed by atoms with Crippen molar-refractivity contribution in [3.63, 3.8) is 0 Å². The van der Waals surface area contributed by atoms with E-state index >= 15 is 0 Å². The minimum Gasteiger partial charge on any atom is -0.339 e. The molecule has 3 aromatic rings. The number of aromatic nitrogens is 2. The van der Waals surface area contributed by atoms with Gasteiger partial charge in [0.1, 0.15) is 0 Å². The molecule has 0 saturated heterocycles. The maximum absolute atomic E-state index is 12.2. The number of nitrogens with one attached hydrogen (secondary N) is 1. The van der Waals surface area contributed by atoms with Gasteiger partial charge in [0.2, 0.25) is 17.6 Å². The summed E-state index contributed by atoms with van der Waals surface area (Å²) >= 11 is 0. The van der Waals surface area contributed by atoms with Crippen LogP contribution < -0.4 is 5.32 Å². The Bertz CT molecular complexity index is 904. The Morgan fingerprint density at radius 1 is 1.04 bits per heavy atom. The number of carbonyl (C=O) groups is 1. The van der Waals surface area contributed by atoms with Gasteiger partial charge in [0.05, 0.1) is 0 Å². The van der Waals surface area contributed by atoms with E-state index in [0.717, 1.165) is 11.3 Å². The van der Waals surface area contributed by atoms with E-state index in [2.05, 4.69) is 36.2 Å². The number of anilines is 1. The van der Waals surface area contributed by atoms with Crippen molar-refractivity contribution in [2.75, 3.05) is 5.32 Å². The van der Waals surface area contributed by atoms with Gasteiger partial charge >= 0.3 is 0 Å². The van der Waals surface area contributed by atoms with Crippen LogP contribution in [-0.2, 0) is 16.6 Å². The maximum atomic E-state index is 12.2. The molecule has 0 saturated carbocycles. The zero-order valence-electron chi connectivity index (χ0n) is 16.2. The lowest BCUT2D eigenvalue weighted by Crippen LogP contribution is -2.14. The summed E-state index contributed by atoms with van der Waals surface area (Å²) in [6.45, 7) is 8.52. The molecule has 0 bridgehead atoms. The van der Waals surface area contributed by atoms with Gasteiger partial charge in [-0.3, -0.25) is 4.79 Å². The van der Waals surface area contributed by atoms with E-state index < -0.39 is 0 Å². The van der Waals surface area contributed by atoms with E-state index in [9.17, 15) is 4.79 Å². The number of carbonyl (C=O) groups excluding carboxylic acids is 1. The average Bonchev–Trinajstić information content (AvgIpc) is 3.09. The van der Waals surface area contributed by atoms with Crippen LogP contribution in [0.1, 0.15) is 44.2 Å². The first-order valence-corrected chi connectivity index (χ1v) is 9.11. The van der Waals surface area contributed by atoms with E-state index in [1.54, 1.807) is 0 Å². The lowest BCUT2D eigenvalue weighted by atomic mass is 9.87. The number of aryl methyl sites for hydroxylation is 2. The highest BCUT2D eigenvalue weighted by atomic mass is 16.5. The zero-order valence-corrected chi connectivity index (χ0v) is 16.2. The molecule has 0 unspecified atom stereocenters. The van der Waals surface area contributed by atoms with Gasteiger partial charge in [0, 0.05) is 24.1 Å². The molecule has 0 fully saturated rings. The van der Waals surface area contributed by atoms with Crippen LogP contribution in [0.5, 0.6) is 0 Å². The Morgan fingerprint density at radius 2 is 1.70 bits per heavy atom. The van der Waals surface area contributed by atoms with Crippen molar-refractivity contribution in [1.29, 1.82) is 0 Å². The minimum atomic E-state index is -0.0754. The van der Waals surface area contributed by atoms with Crippen molar-refractivity contribution >= 4 is 11.6 Å². The predicted octanol–water partition coefficient (Wildman–Crippen LogP) is 4.91. The SMILES string of the molecule is Cc1ccc(-c2noc(CCC(=O)Nc3ccc(C(C)(C)C)cc3)n2)cc1. The standard InChI is InChI=1S/C22H25N3O2/c1-15-5-7-16(8-6-15)21-24-20(27-25-21)14-13-19(26)23-18-11-9-17(10-12-18)22(2,3)4/h5-12H,13-14H2,1-4H3,(H,23,26). The normalized spacial score (nSPS) is 11.4. The fourth-order valence-corrected chi connectivity index (χ4v) is 2.67. The summed E-state index contributed by atoms with van der Waals surface area (Å²) in [5.74, 6) is 0.931. The van der Waals surface area contributed by atoms with Crippen molar-refractivity contribution in [3.05, 3.63) is 65.5 Å². The summed E-state index contributed by atoms with van der Waals surface area (Å²) in [5, 5.41) is 6.90. The van der Waals surface area contributed by atoms with Crippen LogP contribution in [0, 0.1) is 6.92 Å². The molecule has 27 heavy (non-hydrogen) atoms. The first-order chi connectivity index (χ1) is 12.8. The number of amides is 1. The average molecular weight is 363 g/mol. The third kappa shape index (κ3) is 5.03. The summed E-state index contributed by atoms with van der Waals surface area (Å²) in [7, 11) is 0. The number of benzene rings is 2. The summed E-state index contributed by atoms with van der Waals surface area (Å²) in [5.41, 5.74) is 4.19. The molecule has 5 nitrogen and oxygen atoms in total. The fourth-order valence-electron chi connectivity index (χ4n) is 2.67. The molecule has 5 heteroatoms. The van der Waals surface area contributed by atoms with E-state index in [4.69, 9.17) is 4.52 Å². The Hall–Kier alpha value is -2.95. The van der Waals surface area contributed by atoms with Crippen molar-refractivity contribution in [3.8, 4) is 11.4 Å². The summed E-state index contributed by atoms with van der Waals surface area (Å²) in [6, 6.07) is 15.9. The van der Waals surface area contributed by atoms with Crippen LogP contribution in [-0.4, -0.2) is 16.0 Å². The van der Waals surface area contributed by atoms with Crippen LogP contribution in [0.25, 0.3) is 11.4 Å². The van der Waals surface area contributed by atoms with Gasteiger partial charge in [-0.2, -0.15) is 4.98 Å². The summed E-state index contributed by atoms with van der Waals surface area (Å²) in [4.78, 5) is 16.6. The molecule has 0 aliphatic carbocycles. The van der Waals surface area contributed by atoms with Gasteiger partial charge in [0.15, 0.2) is 0 Å². The smallest absolute Gasteiger partial charge is 0.227 e. The van der Waals surface area contributed by atoms with Crippen LogP contribution in [0.15, 0.2) is 53.1 Å². The van der Waals surface area contributed by atoms with E-state index in [-0.39, 0.29) is 17.7 Å². The van der Waals surface area contributed by atoms with E-state index in [1.807, 2.05) is 55.5 Å². The Labute approximate surface area is 159 Å². The zero-order chi connectivity index (χ0) is 19.4. The number of hydrogen-bond acceptors (Lipinski definition) is 4. The number of hydrogen-bond donors (Lipinski definition) is 1. The van der Waals surface area contributed by atoms with E-state index in [1.165, 1.54) is 11.1 Å². The Kier molecular flexibility index (Phi) is 5.40. The third-order valence-electron chi connectivity index (χ3n) is 4.38. The van der Waals surface area contributed by atoms with E-state index in [0.29, 0.717) is 18.1 Å². The molecule has 1 amide bonds. The van der Waals surface area contributed by atoms with Crippen LogP contribution in [0.4, 0.5) is 5.69 Å². The summed E-state index contributed by atoms with van der Waals surface area (Å²) < 4.78 is 5.26. The van der Waals surface area contributed by atoms with Gasteiger partial charge in [-0.15, -0.1) is 0 Å². The van der Waals surface area contributed by atoms with Crippen LogP contribution in [0.3, 0.4) is 0 Å². The highest BCUT2D eigenvalue weighted by Crippen LogP contribution is 2.23. The van der Waals surface area contributed by atoms with Gasteiger partial charge < -0.3 is 9.84 Å². The lowest BCUT2D eigenvalue weighted by molar-refractivity contribution is -0.116. The number of nitrogens with zero attached hydrogens (tertiary/aromatic N) is 2. The molecule has 0 aliphatic rings. The topological polar surface area (TPSA) is 68.0 Å². The molecule has 0 aliphatic heterocycles. The quantitative estimate of drug-likeness (QED) is 0.699. The van der Waals surface area contributed by atoms with Crippen LogP contribution >= 0.6 is 0 Å². The molecule has 140 valence electrons. The van der Waals surface area contributed by atoms with Crippen molar-refractivity contribution in [2.45, 2.75) is 46.0 Å². The Balaban J connectivity index is 1.54. The highest BCUT2D eigenvalue weighted by Gasteiger charge is 2.14. The first kappa shape index (κ1) is 18.8. The second-order valence-electron chi connectivity index (χ2n) is 7.75. The monoisotopic (exact) mass is 363 g/mol. The Morgan fingerprint density at radius 3 is 2.33 bits per heavy atom. The van der Waals surface area contributed by atoms with Gasteiger partial charge in [-0.05, 0) is 30.0 Å². The molecule has 0 atom stereocenters. The number of rotatable bonds is 5. The minimum absolute atomic E-state index is 0.0754. The largest absolute Gasteiger partial charge is 0.339 e. The van der Waals surface area contributed by atoms with Gasteiger partial charge in [0.25, 0.3) is 0 Å². The van der Waals surface area contributed by atoms with Gasteiger partial charge in [-0.1, -0.05) is 67.9 Å². The molecule has 1 N–H and O–H groups in total. The molecule has 0 spiro atoms. The molecular formula is C22H25N3O2. The second-order valence-corrected chi connectivity index (χ2v) is 7.75. The van der Waals surface area contributed by atoms with Crippen LogP contribution in [0.2, 0.25) is 0 Å². The maximum Gasteiger partial charge on any atom is 0.227 e. The molecule has 3 rings (SSSR count). The van der Waals surface area contributed by atoms with Crippen molar-refractivity contribution in [1.82, 2.24) is 10.1 Å². The predicted molar refractivity (Wildman–Crippen MR) is 107 cm³/mol. The second kappa shape index (κ2) is 7.74. The molecule has 1 heterocycles. The van der Waals surface area contributed by atoms with Gasteiger partial charge in [-0.25, -0.2) is 0 Å².